The molecule has 4 N–H and O–H groups in total. The molecule has 2 aromatic rings. The van der Waals surface area contributed by atoms with Crippen molar-refractivity contribution >= 4 is 33.0 Å². The van der Waals surface area contributed by atoms with Crippen LogP contribution in [0.4, 0.5) is 17.1 Å². The van der Waals surface area contributed by atoms with Gasteiger partial charge in [-0.05, 0) is 24.3 Å². The van der Waals surface area contributed by atoms with Gasteiger partial charge in [0.05, 0.1) is 22.7 Å². The summed E-state index contributed by atoms with van der Waals surface area (Å²) in [5, 5.41) is 5.81. The molecule has 0 bridgehead atoms. The summed E-state index contributed by atoms with van der Waals surface area (Å²) in [5.41, 5.74) is 8.01. The summed E-state index contributed by atoms with van der Waals surface area (Å²) in [6.07, 6.45) is 13.5. The van der Waals surface area contributed by atoms with Crippen molar-refractivity contribution in [2.75, 3.05) is 30.5 Å². The number of nitrogens with two attached hydrogens (primary N) is 1. The predicted molar refractivity (Wildman–Crippen MR) is 126 cm³/mol. The Hall–Kier alpha value is -3.59. The molecule has 1 amide bonds. The van der Waals surface area contributed by atoms with E-state index >= 15 is 0 Å². The number of anilines is 3. The molecule has 1 aliphatic carbocycles. The van der Waals surface area contributed by atoms with E-state index in [1.165, 1.54) is 23.5 Å². The summed E-state index contributed by atoms with van der Waals surface area (Å²) in [4.78, 5) is 12.6. The molecule has 8 nitrogen and oxygen atoms in total. The molecule has 0 radical (unpaired) electrons. The minimum Gasteiger partial charge on any atom is -0.398 e. The first kappa shape index (κ1) is 23.1. The first-order valence-electron chi connectivity index (χ1n) is 10.2. The third-order valence-electron chi connectivity index (χ3n) is 5.09. The lowest BCUT2D eigenvalue weighted by Crippen LogP contribution is -2.34. The highest BCUT2D eigenvalue weighted by molar-refractivity contribution is 7.89. The summed E-state index contributed by atoms with van der Waals surface area (Å²) in [7, 11) is -0.552. The van der Waals surface area contributed by atoms with Gasteiger partial charge in [0.1, 0.15) is 0 Å². The van der Waals surface area contributed by atoms with Crippen molar-refractivity contribution in [2.24, 2.45) is 0 Å². The Bertz CT molecular complexity index is 1170. The van der Waals surface area contributed by atoms with E-state index in [0.29, 0.717) is 35.7 Å². The molecule has 9 heteroatoms. The van der Waals surface area contributed by atoms with Gasteiger partial charge in [-0.3, -0.25) is 9.10 Å². The third-order valence-corrected chi connectivity index (χ3v) is 6.89. The second-order valence-corrected chi connectivity index (χ2v) is 9.24. The van der Waals surface area contributed by atoms with Crippen molar-refractivity contribution in [2.45, 2.75) is 24.3 Å². The molecule has 0 spiro atoms. The number of aromatic nitrogens is 1. The zero-order valence-electron chi connectivity index (χ0n) is 18.2. The molecule has 0 fully saturated rings. The van der Waals surface area contributed by atoms with Gasteiger partial charge in [0.25, 0.3) is 10.0 Å². The number of pyridine rings is 1. The van der Waals surface area contributed by atoms with E-state index in [1.54, 1.807) is 49.8 Å². The predicted octanol–water partition coefficient (Wildman–Crippen LogP) is 2.65. The number of nitrogens with zero attached hydrogens (tertiary/aromatic N) is 2. The molecule has 0 saturated carbocycles. The topological polar surface area (TPSA) is 108 Å². The smallest absolute Gasteiger partial charge is 0.263 e. The lowest BCUT2D eigenvalue weighted by atomic mass is 10.2. The van der Waals surface area contributed by atoms with Gasteiger partial charge < -0.3 is 16.4 Å². The van der Waals surface area contributed by atoms with Gasteiger partial charge in [0, 0.05) is 44.0 Å². The normalized spacial score (nSPS) is 13.2. The molecule has 0 aliphatic heterocycles. The standard InChI is InChI=1S/C23H27N5O3S/c1-25-21-10-9-20(32(30,31)27(2)19-7-5-3-4-6-8-19)17-22(21)26-23(29)13-16-28-14-11-18(24)12-15-28/h3-7,9-12,14-15,17,24-25H,8,13,16H2,1-2H3,(H,26,29)/p+1. The van der Waals surface area contributed by atoms with Gasteiger partial charge in [0.2, 0.25) is 5.91 Å². The molecule has 32 heavy (non-hydrogen) atoms. The highest BCUT2D eigenvalue weighted by atomic mass is 32.2. The van der Waals surface area contributed by atoms with Crippen LogP contribution in [-0.4, -0.2) is 32.7 Å². The number of sulfonamides is 1. The largest absolute Gasteiger partial charge is 0.398 e. The maximum absolute atomic E-state index is 13.2. The third kappa shape index (κ3) is 5.55. The molecular weight excluding hydrogens is 426 g/mol. The molecule has 0 atom stereocenters. The molecule has 0 saturated heterocycles. The van der Waals surface area contributed by atoms with E-state index in [2.05, 4.69) is 10.6 Å². The first-order chi connectivity index (χ1) is 15.3. The van der Waals surface area contributed by atoms with Crippen LogP contribution < -0.4 is 20.9 Å². The number of benzene rings is 1. The van der Waals surface area contributed by atoms with E-state index in [4.69, 9.17) is 5.73 Å². The maximum Gasteiger partial charge on any atom is 0.263 e. The number of carbonyl (C=O) groups excluding carboxylic acids is 1. The maximum atomic E-state index is 13.2. The van der Waals surface area contributed by atoms with Crippen molar-refractivity contribution < 1.29 is 17.8 Å². The number of nitrogens with one attached hydrogen (secondary N) is 2. The Balaban J connectivity index is 1.77. The summed E-state index contributed by atoms with van der Waals surface area (Å²) in [5.74, 6) is -0.226. The average molecular weight is 455 g/mol. The SMILES string of the molecule is CNc1ccc(S(=O)(=O)N(C)C2=CC=CC=CC2)cc1NC(=O)CC[n+]1ccc(N)cc1. The Kier molecular flexibility index (Phi) is 7.32. The van der Waals surface area contributed by atoms with Gasteiger partial charge >= 0.3 is 0 Å². The van der Waals surface area contributed by atoms with Crippen molar-refractivity contribution in [3.63, 3.8) is 0 Å². The Morgan fingerprint density at radius 1 is 1.12 bits per heavy atom. The second kappa shape index (κ2) is 10.1. The van der Waals surface area contributed by atoms with Gasteiger partial charge in [-0.1, -0.05) is 24.3 Å². The van der Waals surface area contributed by atoms with Crippen LogP contribution in [0.2, 0.25) is 0 Å². The number of rotatable bonds is 8. The molecular formula is C23H28N5O3S+. The fraction of sp³-hybridized carbons (Fsp3) is 0.217. The Morgan fingerprint density at radius 2 is 1.88 bits per heavy atom. The van der Waals surface area contributed by atoms with Crippen LogP contribution in [0.25, 0.3) is 0 Å². The molecule has 1 aromatic heterocycles. The van der Waals surface area contributed by atoms with Crippen molar-refractivity contribution in [1.29, 1.82) is 0 Å². The molecule has 1 heterocycles. The summed E-state index contributed by atoms with van der Waals surface area (Å²) in [6, 6.07) is 8.18. The number of hydrogen-bond donors (Lipinski definition) is 3. The van der Waals surface area contributed by atoms with E-state index < -0.39 is 10.0 Å². The molecule has 1 aromatic carbocycles. The van der Waals surface area contributed by atoms with Crippen LogP contribution in [0.5, 0.6) is 0 Å². The average Bonchev–Trinajstić information content (AvgIpc) is 3.07. The van der Waals surface area contributed by atoms with Crippen molar-refractivity contribution in [1.82, 2.24) is 4.31 Å². The van der Waals surface area contributed by atoms with Crippen LogP contribution in [0, 0.1) is 0 Å². The highest BCUT2D eigenvalue weighted by Gasteiger charge is 2.24. The van der Waals surface area contributed by atoms with E-state index in [1.807, 2.05) is 22.8 Å². The number of aryl methyl sites for hydroxylation is 1. The molecule has 168 valence electrons. The number of hydrogen-bond acceptors (Lipinski definition) is 5. The number of carbonyl (C=O) groups is 1. The van der Waals surface area contributed by atoms with Gasteiger partial charge in [-0.15, -0.1) is 0 Å². The molecule has 1 aliphatic rings. The fourth-order valence-electron chi connectivity index (χ4n) is 3.18. The Labute approximate surface area is 188 Å². The van der Waals surface area contributed by atoms with Gasteiger partial charge in [-0.2, -0.15) is 0 Å². The van der Waals surface area contributed by atoms with Gasteiger partial charge in [0.15, 0.2) is 18.9 Å². The number of allylic oxidation sites excluding steroid dienone is 5. The zero-order valence-corrected chi connectivity index (χ0v) is 19.0. The number of nitrogen functional groups attached to an aromatic ring is 1. The van der Waals surface area contributed by atoms with Crippen molar-refractivity contribution in [3.8, 4) is 0 Å². The number of amides is 1. The van der Waals surface area contributed by atoms with Crippen molar-refractivity contribution in [3.05, 3.63) is 78.8 Å². The summed E-state index contributed by atoms with van der Waals surface area (Å²) >= 11 is 0. The van der Waals surface area contributed by atoms with E-state index in [-0.39, 0.29) is 17.2 Å². The summed E-state index contributed by atoms with van der Waals surface area (Å²) in [6.45, 7) is 0.469. The van der Waals surface area contributed by atoms with Crippen LogP contribution >= 0.6 is 0 Å². The molecule has 0 unspecified atom stereocenters. The lowest BCUT2D eigenvalue weighted by Gasteiger charge is -2.22. The zero-order chi connectivity index (χ0) is 23.1. The van der Waals surface area contributed by atoms with Crippen LogP contribution in [0.15, 0.2) is 83.7 Å². The van der Waals surface area contributed by atoms with Gasteiger partial charge in [-0.25, -0.2) is 13.0 Å². The van der Waals surface area contributed by atoms with Crippen LogP contribution in [0.3, 0.4) is 0 Å². The van der Waals surface area contributed by atoms with Crippen LogP contribution in [-0.2, 0) is 21.4 Å². The highest BCUT2D eigenvalue weighted by Crippen LogP contribution is 2.28. The minimum absolute atomic E-state index is 0.0975. The first-order valence-corrected chi connectivity index (χ1v) is 11.6. The Morgan fingerprint density at radius 3 is 2.59 bits per heavy atom. The monoisotopic (exact) mass is 454 g/mol. The van der Waals surface area contributed by atoms with E-state index in [9.17, 15) is 13.2 Å². The van der Waals surface area contributed by atoms with E-state index in [0.717, 1.165) is 0 Å². The van der Waals surface area contributed by atoms with Crippen LogP contribution in [0.1, 0.15) is 12.8 Å². The fourth-order valence-corrected chi connectivity index (χ4v) is 4.45. The summed E-state index contributed by atoms with van der Waals surface area (Å²) < 4.78 is 29.5. The minimum atomic E-state index is -3.80. The molecule has 3 rings (SSSR count). The second-order valence-electron chi connectivity index (χ2n) is 7.27. The lowest BCUT2D eigenvalue weighted by molar-refractivity contribution is -0.695. The quantitative estimate of drug-likeness (QED) is 0.532.